The highest BCUT2D eigenvalue weighted by Crippen LogP contribution is 2.49. The van der Waals surface area contributed by atoms with Crippen molar-refractivity contribution in [3.8, 4) is 0 Å². The molecule has 6 atom stereocenters. The largest absolute Gasteiger partial charge is 0.462 e. The lowest BCUT2D eigenvalue weighted by atomic mass is 9.65. The standard InChI is InChI=1S/C30H40N2O6/c1-8-36-28(34)25-15-24-22(19(2)3)11-9-20(4)23(24)16-26(29(5)13-14-30(25,35-7)38-29)37-27(33)12-10-21-17-32(6)18-31-21/h9-10,12-15,17-19,22-24,26H,8,11,16H2,1-7H3/b12-10+,25-15-/t22-,23+,24-,26+,29+,30-/m1/s1. The van der Waals surface area contributed by atoms with Crippen molar-refractivity contribution in [2.24, 2.45) is 30.7 Å². The van der Waals surface area contributed by atoms with E-state index in [2.05, 4.69) is 31.8 Å². The first kappa shape index (κ1) is 28.0. The molecule has 38 heavy (non-hydrogen) atoms. The number of imidazole rings is 1. The minimum atomic E-state index is -1.44. The van der Waals surface area contributed by atoms with E-state index in [1.165, 1.54) is 18.8 Å². The van der Waals surface area contributed by atoms with Gasteiger partial charge in [0.25, 0.3) is 0 Å². The van der Waals surface area contributed by atoms with E-state index < -0.39 is 29.4 Å². The molecule has 0 unspecified atom stereocenters. The van der Waals surface area contributed by atoms with Crippen molar-refractivity contribution in [1.29, 1.82) is 0 Å². The summed E-state index contributed by atoms with van der Waals surface area (Å²) in [6.45, 7) is 10.4. The van der Waals surface area contributed by atoms with Crippen LogP contribution in [0.2, 0.25) is 0 Å². The number of hydrogen-bond acceptors (Lipinski definition) is 7. The van der Waals surface area contributed by atoms with Gasteiger partial charge in [0.15, 0.2) is 0 Å². The second kappa shape index (κ2) is 11.0. The van der Waals surface area contributed by atoms with E-state index in [9.17, 15) is 9.59 Å². The molecule has 3 heterocycles. The van der Waals surface area contributed by atoms with Crippen LogP contribution in [-0.2, 0) is 35.6 Å². The van der Waals surface area contributed by atoms with Crippen LogP contribution in [-0.4, -0.2) is 52.7 Å². The second-order valence-electron chi connectivity index (χ2n) is 11.0. The minimum absolute atomic E-state index is 0.0108. The first-order chi connectivity index (χ1) is 18.0. The molecule has 0 fully saturated rings. The molecule has 1 aliphatic carbocycles. The molecular weight excluding hydrogens is 484 g/mol. The number of esters is 2. The lowest BCUT2D eigenvalue weighted by Gasteiger charge is -2.41. The topological polar surface area (TPSA) is 88.9 Å². The van der Waals surface area contributed by atoms with Crippen molar-refractivity contribution in [1.82, 2.24) is 9.55 Å². The maximum Gasteiger partial charge on any atom is 0.339 e. The fraction of sp³-hybridized carbons (Fsp3) is 0.567. The maximum absolute atomic E-state index is 13.3. The number of ether oxygens (including phenoxy) is 4. The molecule has 8 heteroatoms. The van der Waals surface area contributed by atoms with Crippen LogP contribution in [0.5, 0.6) is 0 Å². The van der Waals surface area contributed by atoms with Gasteiger partial charge in [-0.1, -0.05) is 31.6 Å². The summed E-state index contributed by atoms with van der Waals surface area (Å²) in [5, 5.41) is 0. The SMILES string of the molecule is CCOC(=O)/C1=C/[C@@H]2[C@@H](C(C)C)CC=C(C)[C@@H]2C[C@H](OC(=O)/C=C/c2cn(C)cn2)[C@]2(C)C=C[C@@]1(OC)O2. The molecule has 0 aromatic carbocycles. The molecule has 0 spiro atoms. The number of allylic oxidation sites excluding steroid dienone is 3. The zero-order valence-corrected chi connectivity index (χ0v) is 23.5. The summed E-state index contributed by atoms with van der Waals surface area (Å²) in [6, 6.07) is 0. The predicted molar refractivity (Wildman–Crippen MR) is 144 cm³/mol. The average Bonchev–Trinajstić information content (AvgIpc) is 3.46. The van der Waals surface area contributed by atoms with Crippen LogP contribution in [0.1, 0.15) is 53.2 Å². The lowest BCUT2D eigenvalue weighted by Crippen LogP contribution is -2.48. The van der Waals surface area contributed by atoms with Crippen molar-refractivity contribution in [2.75, 3.05) is 13.7 Å². The van der Waals surface area contributed by atoms with Gasteiger partial charge in [-0.3, -0.25) is 0 Å². The van der Waals surface area contributed by atoms with E-state index in [4.69, 9.17) is 18.9 Å². The quantitative estimate of drug-likeness (QED) is 0.288. The Morgan fingerprint density at radius 1 is 1.32 bits per heavy atom. The van der Waals surface area contributed by atoms with Crippen LogP contribution < -0.4 is 0 Å². The zero-order chi connectivity index (χ0) is 27.7. The number of rotatable bonds is 7. The molecule has 0 saturated heterocycles. The summed E-state index contributed by atoms with van der Waals surface area (Å²) in [6.07, 6.45) is 15.2. The number of aromatic nitrogens is 2. The van der Waals surface area contributed by atoms with Gasteiger partial charge in [0.1, 0.15) is 11.7 Å². The Morgan fingerprint density at radius 3 is 2.71 bits per heavy atom. The number of fused-ring (bicyclic) bond motifs is 3. The molecule has 206 valence electrons. The van der Waals surface area contributed by atoms with Gasteiger partial charge in [0.2, 0.25) is 5.79 Å². The third-order valence-electron chi connectivity index (χ3n) is 8.13. The summed E-state index contributed by atoms with van der Waals surface area (Å²) in [7, 11) is 3.38. The van der Waals surface area contributed by atoms with E-state index in [1.807, 2.05) is 36.9 Å². The van der Waals surface area contributed by atoms with Crippen LogP contribution in [0.4, 0.5) is 0 Å². The van der Waals surface area contributed by atoms with Crippen molar-refractivity contribution >= 4 is 18.0 Å². The summed E-state index contributed by atoms with van der Waals surface area (Å²) in [4.78, 5) is 30.6. The van der Waals surface area contributed by atoms with E-state index in [0.717, 1.165) is 6.42 Å². The fourth-order valence-corrected chi connectivity index (χ4v) is 5.95. The monoisotopic (exact) mass is 524 g/mol. The minimum Gasteiger partial charge on any atom is -0.462 e. The Hall–Kier alpha value is -2.97. The summed E-state index contributed by atoms with van der Waals surface area (Å²) < 4.78 is 25.9. The normalized spacial score (nSPS) is 34.1. The van der Waals surface area contributed by atoms with E-state index in [0.29, 0.717) is 23.6 Å². The van der Waals surface area contributed by atoms with Crippen molar-refractivity contribution < 1.29 is 28.5 Å². The van der Waals surface area contributed by atoms with Gasteiger partial charge < -0.3 is 23.5 Å². The average molecular weight is 525 g/mol. The maximum atomic E-state index is 13.3. The Balaban J connectivity index is 1.76. The molecule has 8 nitrogen and oxygen atoms in total. The highest BCUT2D eigenvalue weighted by atomic mass is 16.7. The third kappa shape index (κ3) is 5.43. The number of hydrogen-bond donors (Lipinski definition) is 0. The molecule has 1 aromatic rings. The third-order valence-corrected chi connectivity index (χ3v) is 8.13. The van der Waals surface area contributed by atoms with Gasteiger partial charge in [0.05, 0.1) is 24.2 Å². The Kier molecular flexibility index (Phi) is 8.14. The van der Waals surface area contributed by atoms with Crippen molar-refractivity contribution in [3.05, 3.63) is 59.7 Å². The molecule has 4 rings (SSSR count). The lowest BCUT2D eigenvalue weighted by molar-refractivity contribution is -0.227. The van der Waals surface area contributed by atoms with E-state index in [1.54, 1.807) is 25.4 Å². The van der Waals surface area contributed by atoms with Gasteiger partial charge in [-0.15, -0.1) is 0 Å². The number of carbonyl (C=O) groups excluding carboxylic acids is 2. The number of methoxy groups -OCH3 is 1. The van der Waals surface area contributed by atoms with Gasteiger partial charge in [0, 0.05) is 26.4 Å². The smallest absolute Gasteiger partial charge is 0.339 e. The Labute approximate surface area is 225 Å². The highest BCUT2D eigenvalue weighted by molar-refractivity contribution is 5.91. The van der Waals surface area contributed by atoms with Gasteiger partial charge in [-0.2, -0.15) is 0 Å². The molecule has 0 radical (unpaired) electrons. The number of carbonyl (C=O) groups is 2. The van der Waals surface area contributed by atoms with Crippen LogP contribution in [0.3, 0.4) is 0 Å². The molecule has 0 amide bonds. The van der Waals surface area contributed by atoms with Crippen molar-refractivity contribution in [3.63, 3.8) is 0 Å². The van der Waals surface area contributed by atoms with E-state index >= 15 is 0 Å². The van der Waals surface area contributed by atoms with Gasteiger partial charge in [-0.25, -0.2) is 14.6 Å². The zero-order valence-electron chi connectivity index (χ0n) is 23.5. The number of nitrogens with zero attached hydrogens (tertiary/aromatic N) is 2. The highest BCUT2D eigenvalue weighted by Gasteiger charge is 2.55. The molecule has 0 saturated carbocycles. The first-order valence-corrected chi connectivity index (χ1v) is 13.4. The Bertz CT molecular complexity index is 1180. The summed E-state index contributed by atoms with van der Waals surface area (Å²) in [5.74, 6) is -1.68. The Morgan fingerprint density at radius 2 is 2.08 bits per heavy atom. The molecule has 3 aliphatic rings. The molecule has 1 aromatic heterocycles. The number of aryl methyl sites for hydroxylation is 1. The molecular formula is C30H40N2O6. The van der Waals surface area contributed by atoms with Crippen LogP contribution >= 0.6 is 0 Å². The summed E-state index contributed by atoms with van der Waals surface area (Å²) in [5.41, 5.74) is 1.18. The van der Waals surface area contributed by atoms with E-state index in [-0.39, 0.29) is 24.4 Å². The molecule has 2 bridgehead atoms. The molecule has 0 N–H and O–H groups in total. The molecule has 2 aliphatic heterocycles. The second-order valence-corrected chi connectivity index (χ2v) is 11.0. The summed E-state index contributed by atoms with van der Waals surface area (Å²) >= 11 is 0. The first-order valence-electron chi connectivity index (χ1n) is 13.4. The predicted octanol–water partition coefficient (Wildman–Crippen LogP) is 4.78. The van der Waals surface area contributed by atoms with Crippen LogP contribution in [0.25, 0.3) is 6.08 Å². The van der Waals surface area contributed by atoms with Crippen LogP contribution in [0.15, 0.2) is 54.1 Å². The fourth-order valence-electron chi connectivity index (χ4n) is 5.95. The van der Waals surface area contributed by atoms with Gasteiger partial charge in [-0.05, 0) is 75.5 Å². The van der Waals surface area contributed by atoms with Crippen molar-refractivity contribution in [2.45, 2.75) is 65.0 Å². The van der Waals surface area contributed by atoms with Crippen LogP contribution in [0, 0.1) is 23.7 Å². The van der Waals surface area contributed by atoms with Gasteiger partial charge >= 0.3 is 11.9 Å².